The van der Waals surface area contributed by atoms with Gasteiger partial charge in [-0.1, -0.05) is 318 Å². The van der Waals surface area contributed by atoms with Gasteiger partial charge in [0.1, 0.15) is 19.3 Å². The smallest absolute Gasteiger partial charge is 0.462 e. The molecule has 3 N–H and O–H groups in total. The first kappa shape index (κ1) is 89.1. The van der Waals surface area contributed by atoms with Crippen LogP contribution in [0.15, 0.2) is 0 Å². The van der Waals surface area contributed by atoms with Crippen LogP contribution in [0, 0.1) is 11.8 Å². The van der Waals surface area contributed by atoms with Crippen LogP contribution in [0.1, 0.15) is 369 Å². The minimum atomic E-state index is -4.95. The van der Waals surface area contributed by atoms with Crippen molar-refractivity contribution in [2.45, 2.75) is 387 Å². The number of hydrogen-bond donors (Lipinski definition) is 3. The molecule has 0 fully saturated rings. The van der Waals surface area contributed by atoms with Crippen molar-refractivity contribution in [1.29, 1.82) is 0 Å². The Balaban J connectivity index is 5.21. The van der Waals surface area contributed by atoms with Crippen molar-refractivity contribution in [3.05, 3.63) is 0 Å². The van der Waals surface area contributed by atoms with E-state index in [1.807, 2.05) is 0 Å². The van der Waals surface area contributed by atoms with E-state index in [-0.39, 0.29) is 25.7 Å². The van der Waals surface area contributed by atoms with Crippen molar-refractivity contribution >= 4 is 39.5 Å². The fourth-order valence-electron chi connectivity index (χ4n) is 10.9. The molecule has 0 heterocycles. The van der Waals surface area contributed by atoms with Crippen molar-refractivity contribution in [2.24, 2.45) is 11.8 Å². The Hall–Kier alpha value is -1.94. The number of phosphoric acid groups is 2. The first-order chi connectivity index (χ1) is 43.9. The Labute approximate surface area is 556 Å². The summed E-state index contributed by atoms with van der Waals surface area (Å²) in [5, 5.41) is 10.6. The summed E-state index contributed by atoms with van der Waals surface area (Å²) < 4.78 is 68.3. The Morgan fingerprint density at radius 2 is 0.505 bits per heavy atom. The van der Waals surface area contributed by atoms with Gasteiger partial charge in [-0.3, -0.25) is 37.3 Å². The van der Waals surface area contributed by atoms with Gasteiger partial charge >= 0.3 is 39.5 Å². The van der Waals surface area contributed by atoms with Gasteiger partial charge in [-0.05, 0) is 37.5 Å². The highest BCUT2D eigenvalue weighted by Gasteiger charge is 2.30. The minimum Gasteiger partial charge on any atom is -0.462 e. The molecular formula is C72H140O17P2. The average Bonchev–Trinajstić information content (AvgIpc) is 3.69. The number of carbonyl (C=O) groups excluding carboxylic acids is 4. The van der Waals surface area contributed by atoms with Crippen LogP contribution in [-0.2, 0) is 65.4 Å². The average molecular weight is 1340 g/mol. The molecule has 0 aromatic heterocycles. The van der Waals surface area contributed by atoms with Crippen molar-refractivity contribution in [2.75, 3.05) is 39.6 Å². The Bertz CT molecular complexity index is 1770. The van der Waals surface area contributed by atoms with Crippen molar-refractivity contribution in [1.82, 2.24) is 0 Å². The molecule has 540 valence electrons. The highest BCUT2D eigenvalue weighted by Crippen LogP contribution is 2.45. The summed E-state index contributed by atoms with van der Waals surface area (Å²) >= 11 is 0. The second-order valence-corrected chi connectivity index (χ2v) is 29.8. The van der Waals surface area contributed by atoms with Crippen LogP contribution in [0.4, 0.5) is 0 Å². The van der Waals surface area contributed by atoms with E-state index >= 15 is 0 Å². The molecule has 0 aliphatic heterocycles. The van der Waals surface area contributed by atoms with Gasteiger partial charge < -0.3 is 33.8 Å². The summed E-state index contributed by atoms with van der Waals surface area (Å²) in [4.78, 5) is 72.5. The third-order valence-corrected chi connectivity index (χ3v) is 18.6. The molecule has 0 rings (SSSR count). The molecule has 91 heavy (non-hydrogen) atoms. The normalized spacial score (nSPS) is 14.1. The fourth-order valence-corrected chi connectivity index (χ4v) is 12.5. The number of aliphatic hydroxyl groups is 1. The van der Waals surface area contributed by atoms with Gasteiger partial charge in [0.2, 0.25) is 0 Å². The van der Waals surface area contributed by atoms with E-state index in [2.05, 4.69) is 41.5 Å². The molecule has 0 saturated heterocycles. The van der Waals surface area contributed by atoms with Gasteiger partial charge in [-0.2, -0.15) is 0 Å². The predicted molar refractivity (Wildman–Crippen MR) is 368 cm³/mol. The zero-order valence-corrected chi connectivity index (χ0v) is 60.9. The van der Waals surface area contributed by atoms with Crippen LogP contribution in [0.5, 0.6) is 0 Å². The standard InChI is InChI=1S/C72H140O17P2/c1-7-9-11-13-15-17-19-21-23-25-27-29-31-33-35-44-50-56-71(76)88-67(60-82-69(74)54-48-42-34-32-30-28-26-24-22-20-18-16-14-12-10-8-2)62-86-90(78,79)84-58-66(73)59-85-91(80,81)87-63-68(89-72(77)57-51-45-39-37-41-47-53-65(5)6)61-83-70(75)55-49-43-38-36-40-46-52-64(3)4/h64-68,73H,7-63H2,1-6H3,(H,78,79)(H,80,81)/t66-,67-,68-/m1/s1. The zero-order chi connectivity index (χ0) is 67.2. The fraction of sp³-hybridized carbons (Fsp3) is 0.944. The molecule has 5 atom stereocenters. The van der Waals surface area contributed by atoms with Crippen LogP contribution >= 0.6 is 15.6 Å². The number of esters is 4. The summed E-state index contributed by atoms with van der Waals surface area (Å²) in [5.41, 5.74) is 0. The third kappa shape index (κ3) is 66.5. The molecule has 0 aromatic carbocycles. The molecule has 17 nitrogen and oxygen atoms in total. The van der Waals surface area contributed by atoms with Gasteiger partial charge in [0.05, 0.1) is 26.4 Å². The lowest BCUT2D eigenvalue weighted by molar-refractivity contribution is -0.161. The Morgan fingerprint density at radius 1 is 0.297 bits per heavy atom. The second-order valence-electron chi connectivity index (χ2n) is 26.9. The molecule has 0 amide bonds. The first-order valence-corrected chi connectivity index (χ1v) is 40.5. The lowest BCUT2D eigenvalue weighted by atomic mass is 10.0. The van der Waals surface area contributed by atoms with Crippen LogP contribution in [0.3, 0.4) is 0 Å². The summed E-state index contributed by atoms with van der Waals surface area (Å²) in [6, 6.07) is 0. The van der Waals surface area contributed by atoms with Gasteiger partial charge in [0.25, 0.3) is 0 Å². The van der Waals surface area contributed by atoms with Crippen LogP contribution < -0.4 is 0 Å². The number of phosphoric ester groups is 2. The highest BCUT2D eigenvalue weighted by atomic mass is 31.2. The number of hydrogen-bond acceptors (Lipinski definition) is 15. The topological polar surface area (TPSA) is 237 Å². The number of carbonyl (C=O) groups is 4. The van der Waals surface area contributed by atoms with Gasteiger partial charge in [-0.15, -0.1) is 0 Å². The number of ether oxygens (including phenoxy) is 4. The third-order valence-electron chi connectivity index (χ3n) is 16.7. The molecule has 19 heteroatoms. The number of aliphatic hydroxyl groups excluding tert-OH is 1. The Kier molecular flexibility index (Phi) is 62.7. The maximum Gasteiger partial charge on any atom is 0.472 e. The van der Waals surface area contributed by atoms with Crippen LogP contribution in [0.25, 0.3) is 0 Å². The second kappa shape index (κ2) is 64.1. The van der Waals surface area contributed by atoms with Crippen LogP contribution in [-0.4, -0.2) is 96.7 Å². The SMILES string of the molecule is CCCCCCCCCCCCCCCCCCCC(=O)O[C@H](COC(=O)CCCCCCCCCCCCCCCCCC)COP(=O)(O)OC[C@@H](O)COP(=O)(O)OC[C@@H](COC(=O)CCCCCCCCC(C)C)OC(=O)CCCCCCCCC(C)C. The minimum absolute atomic E-state index is 0.101. The van der Waals surface area contributed by atoms with Gasteiger partial charge in [-0.25, -0.2) is 9.13 Å². The molecule has 0 bridgehead atoms. The van der Waals surface area contributed by atoms with E-state index in [0.29, 0.717) is 37.5 Å². The molecule has 0 aliphatic carbocycles. The summed E-state index contributed by atoms with van der Waals surface area (Å²) in [6.45, 7) is 9.39. The number of rotatable bonds is 71. The molecule has 0 aromatic rings. The zero-order valence-electron chi connectivity index (χ0n) is 59.1. The van der Waals surface area contributed by atoms with Gasteiger partial charge in [0.15, 0.2) is 12.2 Å². The first-order valence-electron chi connectivity index (χ1n) is 37.5. The predicted octanol–water partition coefficient (Wildman–Crippen LogP) is 20.8. The van der Waals surface area contributed by atoms with E-state index in [1.165, 1.54) is 180 Å². The lowest BCUT2D eigenvalue weighted by Gasteiger charge is -2.21. The van der Waals surface area contributed by atoms with Crippen molar-refractivity contribution in [3.63, 3.8) is 0 Å². The van der Waals surface area contributed by atoms with E-state index in [0.717, 1.165) is 96.3 Å². The van der Waals surface area contributed by atoms with E-state index < -0.39 is 97.5 Å². The molecular weight excluding hydrogens is 1200 g/mol. The summed E-state index contributed by atoms with van der Waals surface area (Å²) in [5.74, 6) is -0.778. The quantitative estimate of drug-likeness (QED) is 0.0222. The maximum absolute atomic E-state index is 13.0. The maximum atomic E-state index is 13.0. The Morgan fingerprint density at radius 3 is 0.747 bits per heavy atom. The summed E-state index contributed by atoms with van der Waals surface area (Å²) in [6.07, 6.45) is 50.4. The molecule has 0 spiro atoms. The summed E-state index contributed by atoms with van der Waals surface area (Å²) in [7, 11) is -9.90. The molecule has 2 unspecified atom stereocenters. The molecule has 0 saturated carbocycles. The van der Waals surface area contributed by atoms with Crippen molar-refractivity contribution < 1.29 is 80.2 Å². The number of unbranched alkanes of at least 4 members (excludes halogenated alkanes) is 41. The lowest BCUT2D eigenvalue weighted by Crippen LogP contribution is -2.30. The van der Waals surface area contributed by atoms with E-state index in [1.54, 1.807) is 0 Å². The monoisotopic (exact) mass is 1340 g/mol. The van der Waals surface area contributed by atoms with Gasteiger partial charge in [0, 0.05) is 25.7 Å². The van der Waals surface area contributed by atoms with E-state index in [4.69, 9.17) is 37.0 Å². The van der Waals surface area contributed by atoms with Crippen molar-refractivity contribution in [3.8, 4) is 0 Å². The van der Waals surface area contributed by atoms with Crippen LogP contribution in [0.2, 0.25) is 0 Å². The molecule has 0 radical (unpaired) electrons. The molecule has 0 aliphatic rings. The highest BCUT2D eigenvalue weighted by molar-refractivity contribution is 7.47. The van der Waals surface area contributed by atoms with E-state index in [9.17, 15) is 43.2 Å². The largest absolute Gasteiger partial charge is 0.472 e.